The van der Waals surface area contributed by atoms with Crippen LogP contribution < -0.4 is 14.8 Å². The standard InChI is InChI=1S/C32H36N4O4/c1-39-29-15-12-24(18-30(29)40-2)21-35(17-16-25-20-33-28-11-7-6-10-27(25)28)31(37)22-36(26-13-14-26)32(38)34-19-23-8-4-3-5-9-23/h3-12,15,18,20,26,33H,13-14,16-17,19,21-22H2,1-2H3,(H,34,38). The van der Waals surface area contributed by atoms with Crippen molar-refractivity contribution in [2.45, 2.75) is 38.4 Å². The zero-order valence-corrected chi connectivity index (χ0v) is 23.1. The van der Waals surface area contributed by atoms with E-state index in [1.54, 1.807) is 19.1 Å². The second kappa shape index (κ2) is 12.6. The largest absolute Gasteiger partial charge is 0.493 e. The molecule has 0 saturated heterocycles. The molecule has 208 valence electrons. The maximum Gasteiger partial charge on any atom is 0.318 e. The molecule has 1 aliphatic rings. The van der Waals surface area contributed by atoms with Gasteiger partial charge < -0.3 is 29.6 Å². The molecule has 1 fully saturated rings. The molecule has 0 aliphatic heterocycles. The lowest BCUT2D eigenvalue weighted by Gasteiger charge is -2.28. The normalized spacial score (nSPS) is 12.7. The van der Waals surface area contributed by atoms with Gasteiger partial charge in [-0.3, -0.25) is 4.79 Å². The van der Waals surface area contributed by atoms with E-state index < -0.39 is 0 Å². The van der Waals surface area contributed by atoms with Crippen LogP contribution in [0, 0.1) is 0 Å². The van der Waals surface area contributed by atoms with Gasteiger partial charge in [0.05, 0.1) is 14.2 Å². The molecule has 0 atom stereocenters. The van der Waals surface area contributed by atoms with Gasteiger partial charge in [0.1, 0.15) is 6.54 Å². The number of rotatable bonds is 12. The van der Waals surface area contributed by atoms with E-state index >= 15 is 0 Å². The topological polar surface area (TPSA) is 86.9 Å². The van der Waals surface area contributed by atoms with Gasteiger partial charge in [0.2, 0.25) is 5.91 Å². The number of para-hydroxylation sites is 1. The van der Waals surface area contributed by atoms with Crippen molar-refractivity contribution in [1.82, 2.24) is 20.1 Å². The molecule has 0 bridgehead atoms. The molecule has 8 nitrogen and oxygen atoms in total. The highest BCUT2D eigenvalue weighted by Crippen LogP contribution is 2.29. The third-order valence-electron chi connectivity index (χ3n) is 7.34. The zero-order chi connectivity index (χ0) is 27.9. The lowest BCUT2D eigenvalue weighted by molar-refractivity contribution is -0.132. The number of hydrogen-bond donors (Lipinski definition) is 2. The number of carbonyl (C=O) groups excluding carboxylic acids is 2. The second-order valence-corrected chi connectivity index (χ2v) is 10.1. The number of fused-ring (bicyclic) bond motifs is 1. The Morgan fingerprint density at radius 1 is 0.925 bits per heavy atom. The molecular weight excluding hydrogens is 504 g/mol. The van der Waals surface area contributed by atoms with E-state index in [0.717, 1.165) is 40.4 Å². The van der Waals surface area contributed by atoms with Crippen LogP contribution in [0.25, 0.3) is 10.9 Å². The van der Waals surface area contributed by atoms with E-state index in [9.17, 15) is 9.59 Å². The summed E-state index contributed by atoms with van der Waals surface area (Å²) in [5.74, 6) is 1.17. The first-order valence-corrected chi connectivity index (χ1v) is 13.7. The summed E-state index contributed by atoms with van der Waals surface area (Å²) in [7, 11) is 3.20. The fourth-order valence-corrected chi connectivity index (χ4v) is 4.96. The van der Waals surface area contributed by atoms with E-state index in [4.69, 9.17) is 9.47 Å². The fraction of sp³-hybridized carbons (Fsp3) is 0.312. The van der Waals surface area contributed by atoms with Crippen LogP contribution in [0.15, 0.2) is 79.0 Å². The summed E-state index contributed by atoms with van der Waals surface area (Å²) < 4.78 is 10.9. The van der Waals surface area contributed by atoms with E-state index in [1.807, 2.05) is 77.8 Å². The van der Waals surface area contributed by atoms with Gasteiger partial charge in [0, 0.05) is 42.8 Å². The fourth-order valence-electron chi connectivity index (χ4n) is 4.96. The van der Waals surface area contributed by atoms with Crippen LogP contribution in [0.3, 0.4) is 0 Å². The van der Waals surface area contributed by atoms with Crippen molar-refractivity contribution in [3.63, 3.8) is 0 Å². The average Bonchev–Trinajstić information content (AvgIpc) is 3.76. The first-order chi connectivity index (χ1) is 19.6. The van der Waals surface area contributed by atoms with Gasteiger partial charge in [-0.05, 0) is 54.2 Å². The number of ether oxygens (including phenoxy) is 2. The third kappa shape index (κ3) is 6.57. The van der Waals surface area contributed by atoms with Crippen molar-refractivity contribution in [3.05, 3.63) is 95.7 Å². The molecule has 3 amide bonds. The molecule has 4 aromatic rings. The number of carbonyl (C=O) groups is 2. The van der Waals surface area contributed by atoms with Gasteiger partial charge in [-0.15, -0.1) is 0 Å². The van der Waals surface area contributed by atoms with Gasteiger partial charge in [-0.1, -0.05) is 54.6 Å². The Kier molecular flexibility index (Phi) is 8.54. The summed E-state index contributed by atoms with van der Waals surface area (Å²) in [5.41, 5.74) is 4.17. The van der Waals surface area contributed by atoms with Crippen LogP contribution in [0.2, 0.25) is 0 Å². The van der Waals surface area contributed by atoms with Crippen molar-refractivity contribution in [3.8, 4) is 11.5 Å². The molecule has 2 N–H and O–H groups in total. The number of nitrogens with zero attached hydrogens (tertiary/aromatic N) is 2. The Labute approximate surface area is 234 Å². The van der Waals surface area contributed by atoms with Gasteiger partial charge >= 0.3 is 6.03 Å². The molecule has 0 radical (unpaired) electrons. The summed E-state index contributed by atoms with van der Waals surface area (Å²) in [5, 5.41) is 4.15. The van der Waals surface area contributed by atoms with Crippen molar-refractivity contribution in [2.75, 3.05) is 27.3 Å². The number of aromatic amines is 1. The number of benzene rings is 3. The summed E-state index contributed by atoms with van der Waals surface area (Å²) in [6.07, 6.45) is 4.53. The first kappa shape index (κ1) is 27.1. The van der Waals surface area contributed by atoms with Gasteiger partial charge in [0.25, 0.3) is 0 Å². The van der Waals surface area contributed by atoms with Crippen molar-refractivity contribution >= 4 is 22.8 Å². The maximum absolute atomic E-state index is 13.8. The third-order valence-corrected chi connectivity index (χ3v) is 7.34. The Hall–Kier alpha value is -4.46. The Bertz CT molecular complexity index is 1450. The van der Waals surface area contributed by atoms with Crippen LogP contribution in [0.5, 0.6) is 11.5 Å². The molecule has 1 heterocycles. The number of amides is 3. The number of nitrogens with one attached hydrogen (secondary N) is 2. The molecular formula is C32H36N4O4. The minimum absolute atomic E-state index is 0.0342. The molecule has 0 spiro atoms. The highest BCUT2D eigenvalue weighted by atomic mass is 16.5. The summed E-state index contributed by atoms with van der Waals surface area (Å²) in [6.45, 7) is 1.37. The van der Waals surface area contributed by atoms with Crippen LogP contribution in [0.1, 0.15) is 29.5 Å². The van der Waals surface area contributed by atoms with Crippen molar-refractivity contribution < 1.29 is 19.1 Å². The van der Waals surface area contributed by atoms with E-state index in [-0.39, 0.29) is 24.5 Å². The Balaban J connectivity index is 1.32. The second-order valence-electron chi connectivity index (χ2n) is 10.1. The van der Waals surface area contributed by atoms with Crippen LogP contribution in [-0.4, -0.2) is 60.1 Å². The highest BCUT2D eigenvalue weighted by molar-refractivity contribution is 5.85. The van der Waals surface area contributed by atoms with E-state index in [2.05, 4.69) is 16.4 Å². The zero-order valence-electron chi connectivity index (χ0n) is 23.1. The maximum atomic E-state index is 13.8. The predicted molar refractivity (Wildman–Crippen MR) is 155 cm³/mol. The number of H-pyrrole nitrogens is 1. The van der Waals surface area contributed by atoms with Crippen molar-refractivity contribution in [1.29, 1.82) is 0 Å². The molecule has 1 saturated carbocycles. The average molecular weight is 541 g/mol. The van der Waals surface area contributed by atoms with Gasteiger partial charge in [-0.2, -0.15) is 0 Å². The highest BCUT2D eigenvalue weighted by Gasteiger charge is 2.35. The number of aromatic nitrogens is 1. The minimum atomic E-state index is -0.206. The molecule has 5 rings (SSSR count). The van der Waals surface area contributed by atoms with Crippen LogP contribution in [-0.2, 0) is 24.3 Å². The summed E-state index contributed by atoms with van der Waals surface area (Å²) >= 11 is 0. The first-order valence-electron chi connectivity index (χ1n) is 13.7. The van der Waals surface area contributed by atoms with Gasteiger partial charge in [0.15, 0.2) is 11.5 Å². The summed E-state index contributed by atoms with van der Waals surface area (Å²) in [6, 6.07) is 23.5. The van der Waals surface area contributed by atoms with Crippen molar-refractivity contribution in [2.24, 2.45) is 0 Å². The lowest BCUT2D eigenvalue weighted by atomic mass is 10.1. The number of hydrogen-bond acceptors (Lipinski definition) is 4. The predicted octanol–water partition coefficient (Wildman–Crippen LogP) is 5.13. The van der Waals surface area contributed by atoms with Crippen LogP contribution >= 0.6 is 0 Å². The Morgan fingerprint density at radius 2 is 1.68 bits per heavy atom. The molecule has 3 aromatic carbocycles. The number of methoxy groups -OCH3 is 2. The smallest absolute Gasteiger partial charge is 0.318 e. The van der Waals surface area contributed by atoms with E-state index in [1.165, 1.54) is 0 Å². The molecule has 1 aliphatic carbocycles. The molecule has 0 unspecified atom stereocenters. The summed E-state index contributed by atoms with van der Waals surface area (Å²) in [4.78, 5) is 33.8. The number of urea groups is 1. The molecule has 1 aromatic heterocycles. The van der Waals surface area contributed by atoms with Crippen LogP contribution in [0.4, 0.5) is 4.79 Å². The molecule has 40 heavy (non-hydrogen) atoms. The SMILES string of the molecule is COc1ccc(CN(CCc2c[nH]c3ccccc23)C(=O)CN(C(=O)NCc2ccccc2)C2CC2)cc1OC. The van der Waals surface area contributed by atoms with E-state index in [0.29, 0.717) is 37.6 Å². The minimum Gasteiger partial charge on any atom is -0.493 e. The quantitative estimate of drug-likeness (QED) is 0.261. The molecule has 8 heteroatoms. The Morgan fingerprint density at radius 3 is 2.42 bits per heavy atom. The monoisotopic (exact) mass is 540 g/mol. The lowest BCUT2D eigenvalue weighted by Crippen LogP contribution is -2.47. The van der Waals surface area contributed by atoms with Gasteiger partial charge in [-0.25, -0.2) is 4.79 Å².